The van der Waals surface area contributed by atoms with Crippen LogP contribution in [0.4, 0.5) is 0 Å². The molecule has 4 heteroatoms. The first-order chi connectivity index (χ1) is 8.25. The fraction of sp³-hybridized carbons (Fsp3) is 0.500. The average molecular weight is 283 g/mol. The van der Waals surface area contributed by atoms with Gasteiger partial charge >= 0.3 is 3.95 Å². The van der Waals surface area contributed by atoms with Gasteiger partial charge in [0.25, 0.3) is 0 Å². The van der Waals surface area contributed by atoms with E-state index in [0.29, 0.717) is 0 Å². The topological polar surface area (TPSA) is 30.9 Å². The first-order valence-electron chi connectivity index (χ1n) is 6.00. The maximum atomic E-state index is 5.85. The smallest absolute Gasteiger partial charge is 0.441 e. The summed E-state index contributed by atoms with van der Waals surface area (Å²) >= 11 is 3.65. The lowest BCUT2D eigenvalue weighted by molar-refractivity contribution is 0.847. The number of nitrogens with zero attached hydrogens (tertiary/aromatic N) is 1. The van der Waals surface area contributed by atoms with E-state index in [1.807, 2.05) is 18.3 Å². The van der Waals surface area contributed by atoms with Crippen molar-refractivity contribution in [3.8, 4) is 0 Å². The van der Waals surface area contributed by atoms with Gasteiger partial charge < -0.3 is 5.73 Å². The highest BCUT2D eigenvalue weighted by Crippen LogP contribution is 2.20. The summed E-state index contributed by atoms with van der Waals surface area (Å²) in [7, 11) is 2.13. The molecule has 0 spiro atoms. The van der Waals surface area contributed by atoms with Crippen molar-refractivity contribution in [1.82, 2.24) is 4.57 Å². The molecule has 1 aromatic rings. The van der Waals surface area contributed by atoms with Crippen LogP contribution in [0.5, 0.6) is 0 Å². The normalized spacial score (nSPS) is 13.6. The van der Waals surface area contributed by atoms with E-state index < -0.39 is 0 Å². The summed E-state index contributed by atoms with van der Waals surface area (Å²) in [6.07, 6.45) is 0. The Bertz CT molecular complexity index is 550. The molecule has 100 valence electrons. The van der Waals surface area contributed by atoms with Crippen LogP contribution in [0.15, 0.2) is 11.3 Å². The Morgan fingerprint density at radius 1 is 1.39 bits per heavy atom. The second-order valence-corrected chi connectivity index (χ2v) is 7.32. The van der Waals surface area contributed by atoms with Crippen LogP contribution in [0.1, 0.15) is 36.9 Å². The van der Waals surface area contributed by atoms with E-state index in [4.69, 9.17) is 5.73 Å². The van der Waals surface area contributed by atoms with Gasteiger partial charge in [0.2, 0.25) is 11.4 Å². The van der Waals surface area contributed by atoms with Crippen molar-refractivity contribution >= 4 is 22.7 Å². The van der Waals surface area contributed by atoms with Crippen LogP contribution in [0.2, 0.25) is 0 Å². The summed E-state index contributed by atoms with van der Waals surface area (Å²) in [5.41, 5.74) is 10.6. The summed E-state index contributed by atoms with van der Waals surface area (Å²) in [5.74, 6) is 0. The Hall–Kier alpha value is -0.870. The first kappa shape index (κ1) is 15.2. The molecule has 0 bridgehead atoms. The second-order valence-electron chi connectivity index (χ2n) is 4.66. The molecule has 0 aliphatic rings. The fourth-order valence-corrected chi connectivity index (χ4v) is 4.10. The molecule has 0 fully saturated rings. The molecule has 0 atom stereocenters. The van der Waals surface area contributed by atoms with E-state index in [1.54, 1.807) is 11.4 Å². The van der Waals surface area contributed by atoms with Crippen molar-refractivity contribution in [2.45, 2.75) is 41.5 Å². The average Bonchev–Trinajstić information content (AvgIpc) is 2.32. The molecule has 0 aromatic carbocycles. The predicted octanol–water partition coefficient (Wildman–Crippen LogP) is 3.71. The van der Waals surface area contributed by atoms with Gasteiger partial charge in [-0.2, -0.15) is 4.57 Å². The molecule has 0 amide bonds. The van der Waals surface area contributed by atoms with Gasteiger partial charge in [0.1, 0.15) is 10.6 Å². The van der Waals surface area contributed by atoms with Crippen molar-refractivity contribution < 1.29 is 0 Å². The SMILES string of the molecule is C/C(N)=C(\C)[C-](C)[S+]=c1s[c+](C)c(C)c(C)n1C. The number of aryl methyl sites for hydroxylation is 1. The van der Waals surface area contributed by atoms with Crippen LogP contribution in [-0.4, -0.2) is 4.57 Å². The van der Waals surface area contributed by atoms with Crippen LogP contribution in [-0.2, 0) is 18.4 Å². The molecular weight excluding hydrogens is 260 g/mol. The van der Waals surface area contributed by atoms with Gasteiger partial charge in [-0.25, -0.2) is 0 Å². The van der Waals surface area contributed by atoms with Crippen molar-refractivity contribution in [1.29, 1.82) is 0 Å². The summed E-state index contributed by atoms with van der Waals surface area (Å²) < 4.78 is 3.56. The van der Waals surface area contributed by atoms with Crippen molar-refractivity contribution in [3.05, 3.63) is 36.6 Å². The van der Waals surface area contributed by atoms with Gasteiger partial charge in [0, 0.05) is 20.9 Å². The highest BCUT2D eigenvalue weighted by molar-refractivity contribution is 7.75. The summed E-state index contributed by atoms with van der Waals surface area (Å²) in [4.78, 5) is 1.38. The third-order valence-corrected chi connectivity index (χ3v) is 6.07. The van der Waals surface area contributed by atoms with E-state index in [2.05, 4.69) is 46.2 Å². The van der Waals surface area contributed by atoms with E-state index in [1.165, 1.54) is 30.9 Å². The number of allylic oxidation sites excluding steroid dienone is 1. The van der Waals surface area contributed by atoms with Crippen LogP contribution in [0.25, 0.3) is 0 Å². The molecule has 0 unspecified atom stereocenters. The largest absolute Gasteiger partial charge is 0.478 e. The van der Waals surface area contributed by atoms with Gasteiger partial charge in [-0.15, -0.1) is 11.3 Å². The third-order valence-electron chi connectivity index (χ3n) is 3.45. The molecule has 0 aliphatic carbocycles. The standard InChI is InChI=1S/C14H23N2S2/c1-8(10(3)15)12(5)17-14-16(7)11(4)9(2)13(6)18-14/h15H2,1-7H3/q+1/b10-8-. The molecule has 1 heterocycles. The molecule has 0 aliphatic heterocycles. The van der Waals surface area contributed by atoms with Crippen molar-refractivity contribution in [2.24, 2.45) is 12.8 Å². The molecule has 0 saturated heterocycles. The predicted molar refractivity (Wildman–Crippen MR) is 84.0 cm³/mol. The quantitative estimate of drug-likeness (QED) is 0.501. The van der Waals surface area contributed by atoms with Crippen LogP contribution in [0.3, 0.4) is 0 Å². The van der Waals surface area contributed by atoms with Gasteiger partial charge in [-0.1, -0.05) is 20.8 Å². The number of nitrogens with two attached hydrogens (primary N) is 1. The van der Waals surface area contributed by atoms with Gasteiger partial charge in [-0.3, -0.25) is 0 Å². The molecule has 0 saturated carbocycles. The molecule has 1 aromatic heterocycles. The first-order valence-corrected chi connectivity index (χ1v) is 7.63. The summed E-state index contributed by atoms with van der Waals surface area (Å²) in [6, 6.07) is 0. The zero-order valence-electron chi connectivity index (χ0n) is 12.3. The molecule has 2 N–H and O–H groups in total. The maximum absolute atomic E-state index is 5.85. The minimum absolute atomic E-state index is 0.896. The minimum Gasteiger partial charge on any atom is -0.478 e. The monoisotopic (exact) mass is 283 g/mol. The fourth-order valence-electron chi connectivity index (χ4n) is 1.49. The lowest BCUT2D eigenvalue weighted by Gasteiger charge is -2.09. The molecular formula is C14H23N2S2+. The van der Waals surface area contributed by atoms with E-state index in [-0.39, 0.29) is 0 Å². The van der Waals surface area contributed by atoms with E-state index >= 15 is 0 Å². The third kappa shape index (κ3) is 3.12. The molecule has 2 nitrogen and oxygen atoms in total. The maximum Gasteiger partial charge on any atom is 0.441 e. The molecule has 18 heavy (non-hydrogen) atoms. The lowest BCUT2D eigenvalue weighted by atomic mass is 10.2. The van der Waals surface area contributed by atoms with Crippen molar-refractivity contribution in [3.63, 3.8) is 0 Å². The van der Waals surface area contributed by atoms with E-state index in [0.717, 1.165) is 5.70 Å². The highest BCUT2D eigenvalue weighted by atomic mass is 32.2. The van der Waals surface area contributed by atoms with Crippen LogP contribution in [0, 0.1) is 30.0 Å². The Labute approximate surface area is 118 Å². The Morgan fingerprint density at radius 3 is 2.44 bits per heavy atom. The number of hydrogen-bond donors (Lipinski definition) is 1. The second kappa shape index (κ2) is 5.85. The zero-order chi connectivity index (χ0) is 14.0. The zero-order valence-corrected chi connectivity index (χ0v) is 14.0. The van der Waals surface area contributed by atoms with Gasteiger partial charge in [0.15, 0.2) is 0 Å². The minimum atomic E-state index is 0.896. The van der Waals surface area contributed by atoms with Gasteiger partial charge in [-0.05, 0) is 6.92 Å². The molecule has 0 radical (unpaired) electrons. The molecule has 1 rings (SSSR count). The van der Waals surface area contributed by atoms with Crippen molar-refractivity contribution in [2.75, 3.05) is 0 Å². The number of aromatic nitrogens is 1. The Morgan fingerprint density at radius 2 is 1.94 bits per heavy atom. The lowest BCUT2D eigenvalue weighted by Crippen LogP contribution is -2.05. The Balaban J connectivity index is 3.39. The number of hydrogen-bond acceptors (Lipinski definition) is 2. The number of rotatable bonds is 2. The van der Waals surface area contributed by atoms with Gasteiger partial charge in [0.05, 0.1) is 22.2 Å². The highest BCUT2D eigenvalue weighted by Gasteiger charge is 2.18. The van der Waals surface area contributed by atoms with Crippen LogP contribution >= 0.6 is 11.3 Å². The van der Waals surface area contributed by atoms with Crippen LogP contribution < -0.4 is 5.73 Å². The Kier molecular flexibility index (Phi) is 4.93. The summed E-state index contributed by atoms with van der Waals surface area (Å²) in [5, 5.41) is 1.27. The summed E-state index contributed by atoms with van der Waals surface area (Å²) in [6.45, 7) is 12.7. The van der Waals surface area contributed by atoms with E-state index in [9.17, 15) is 0 Å².